The van der Waals surface area contributed by atoms with Crippen LogP contribution in [-0.2, 0) is 5.41 Å². The molecule has 9 aromatic carbocycles. The second kappa shape index (κ2) is 16.1. The third kappa shape index (κ3) is 6.53. The van der Waals surface area contributed by atoms with Gasteiger partial charge in [0, 0.05) is 40.9 Å². The van der Waals surface area contributed by atoms with Crippen molar-refractivity contribution < 1.29 is 0 Å². The maximum Gasteiger partial charge on any atom is 0.0886 e. The van der Waals surface area contributed by atoms with Gasteiger partial charge in [0.05, 0.1) is 16.8 Å². The molecule has 3 heterocycles. The van der Waals surface area contributed by atoms with E-state index in [2.05, 4.69) is 243 Å². The maximum atomic E-state index is 5.77. The summed E-state index contributed by atoms with van der Waals surface area (Å²) >= 11 is 3.78. The topological polar surface area (TPSA) is 12.9 Å². The van der Waals surface area contributed by atoms with Crippen LogP contribution in [0.25, 0.3) is 98.2 Å². The molecule has 2 aliphatic rings. The van der Waals surface area contributed by atoms with Gasteiger partial charge in [-0.2, -0.15) is 0 Å². The van der Waals surface area contributed by atoms with Gasteiger partial charge in [0.25, 0.3) is 0 Å². The zero-order valence-corrected chi connectivity index (χ0v) is 39.3. The van der Waals surface area contributed by atoms with E-state index in [0.29, 0.717) is 5.92 Å². The lowest BCUT2D eigenvalue weighted by Gasteiger charge is -2.33. The summed E-state index contributed by atoms with van der Waals surface area (Å²) in [6.45, 7) is 0. The molecule has 0 saturated heterocycles. The monoisotopic (exact) mass is 913 g/mol. The molecule has 69 heavy (non-hydrogen) atoms. The second-order valence-corrected chi connectivity index (χ2v) is 20.7. The highest BCUT2D eigenvalue weighted by Gasteiger charge is 2.48. The molecular formula is C66H43NS2. The van der Waals surface area contributed by atoms with Crippen molar-refractivity contribution in [2.45, 2.75) is 17.8 Å². The Bertz CT molecular complexity index is 4050. The van der Waals surface area contributed by atoms with Gasteiger partial charge in [-0.1, -0.05) is 194 Å². The van der Waals surface area contributed by atoms with E-state index in [1.807, 2.05) is 22.7 Å². The van der Waals surface area contributed by atoms with Crippen LogP contribution in [0.15, 0.2) is 231 Å². The first-order valence-corrected chi connectivity index (χ1v) is 25.5. The van der Waals surface area contributed by atoms with Gasteiger partial charge in [-0.25, -0.2) is 0 Å². The summed E-state index contributed by atoms with van der Waals surface area (Å²) in [4.78, 5) is 5.77. The van der Waals surface area contributed by atoms with Crippen LogP contribution in [0.5, 0.6) is 0 Å². The van der Waals surface area contributed by atoms with E-state index in [-0.39, 0.29) is 0 Å². The van der Waals surface area contributed by atoms with Gasteiger partial charge >= 0.3 is 0 Å². The molecule has 12 aromatic rings. The molecule has 0 spiro atoms. The lowest BCUT2D eigenvalue weighted by atomic mass is 9.69. The molecule has 0 aliphatic heterocycles. The van der Waals surface area contributed by atoms with Crippen molar-refractivity contribution in [3.63, 3.8) is 0 Å². The van der Waals surface area contributed by atoms with Crippen LogP contribution in [0.1, 0.15) is 40.3 Å². The third-order valence-corrected chi connectivity index (χ3v) is 17.0. The Labute approximate surface area is 409 Å². The van der Waals surface area contributed by atoms with Crippen molar-refractivity contribution in [2.75, 3.05) is 0 Å². The molecule has 0 radical (unpaired) electrons. The lowest BCUT2D eigenvalue weighted by Crippen LogP contribution is -2.30. The average Bonchev–Trinajstić information content (AvgIpc) is 4.09. The number of nitrogens with zero attached hydrogens (tertiary/aromatic N) is 1. The van der Waals surface area contributed by atoms with Gasteiger partial charge < -0.3 is 0 Å². The van der Waals surface area contributed by atoms with E-state index >= 15 is 0 Å². The molecule has 3 heteroatoms. The van der Waals surface area contributed by atoms with Gasteiger partial charge in [0.1, 0.15) is 0 Å². The normalized spacial score (nSPS) is 15.9. The van der Waals surface area contributed by atoms with Crippen molar-refractivity contribution in [1.82, 2.24) is 4.98 Å². The number of thiophene rings is 2. The van der Waals surface area contributed by atoms with Crippen LogP contribution < -0.4 is 9.75 Å². The second-order valence-electron chi connectivity index (χ2n) is 18.5. The summed E-state index contributed by atoms with van der Waals surface area (Å²) < 4.78 is 5.38. The highest BCUT2D eigenvalue weighted by Crippen LogP contribution is 2.58. The predicted molar refractivity (Wildman–Crippen MR) is 294 cm³/mol. The van der Waals surface area contributed by atoms with Crippen LogP contribution >= 0.6 is 22.7 Å². The van der Waals surface area contributed by atoms with E-state index in [4.69, 9.17) is 4.98 Å². The van der Waals surface area contributed by atoms with Crippen molar-refractivity contribution in [3.05, 3.63) is 268 Å². The summed E-state index contributed by atoms with van der Waals surface area (Å²) in [7, 11) is 0. The summed E-state index contributed by atoms with van der Waals surface area (Å²) in [5.41, 5.74) is 17.0. The molecule has 324 valence electrons. The number of fused-ring (bicyclic) bond motifs is 9. The Morgan fingerprint density at radius 3 is 1.72 bits per heavy atom. The molecule has 1 nitrogen and oxygen atoms in total. The number of hydrogen-bond donors (Lipinski definition) is 0. The lowest BCUT2D eigenvalue weighted by molar-refractivity contribution is 0.736. The minimum Gasteiger partial charge on any atom is -0.251 e. The van der Waals surface area contributed by atoms with Crippen LogP contribution in [0.3, 0.4) is 0 Å². The molecule has 2 unspecified atom stereocenters. The van der Waals surface area contributed by atoms with Crippen molar-refractivity contribution >= 4 is 65.1 Å². The molecule has 0 bridgehead atoms. The minimum atomic E-state index is -0.722. The zero-order valence-electron chi connectivity index (χ0n) is 37.6. The van der Waals surface area contributed by atoms with Crippen molar-refractivity contribution in [1.29, 1.82) is 0 Å². The highest BCUT2D eigenvalue weighted by molar-refractivity contribution is 7.25. The largest absolute Gasteiger partial charge is 0.251 e. The van der Waals surface area contributed by atoms with Gasteiger partial charge in [-0.05, 0) is 132 Å². The first-order chi connectivity index (χ1) is 34.2. The van der Waals surface area contributed by atoms with Crippen molar-refractivity contribution in [3.8, 4) is 55.8 Å². The first-order valence-electron chi connectivity index (χ1n) is 23.9. The molecule has 0 saturated carbocycles. The van der Waals surface area contributed by atoms with Gasteiger partial charge in [0.15, 0.2) is 0 Å². The van der Waals surface area contributed by atoms with Crippen LogP contribution in [0.4, 0.5) is 0 Å². The van der Waals surface area contributed by atoms with E-state index in [1.165, 1.54) is 95.6 Å². The van der Waals surface area contributed by atoms with Crippen molar-refractivity contribution in [2.24, 2.45) is 0 Å². The fourth-order valence-corrected chi connectivity index (χ4v) is 13.6. The summed E-state index contributed by atoms with van der Waals surface area (Å²) in [5.74, 6) is 0.304. The highest BCUT2D eigenvalue weighted by atomic mass is 32.1. The fraction of sp³-hybridized carbons (Fsp3) is 0.0455. The average molecular weight is 914 g/mol. The molecule has 0 N–H and O–H groups in total. The molecule has 2 atom stereocenters. The van der Waals surface area contributed by atoms with E-state index in [1.54, 1.807) is 0 Å². The van der Waals surface area contributed by atoms with Gasteiger partial charge in [-0.3, -0.25) is 4.98 Å². The molecule has 3 aromatic heterocycles. The number of rotatable bonds is 7. The van der Waals surface area contributed by atoms with E-state index < -0.39 is 5.41 Å². The smallest absolute Gasteiger partial charge is 0.0886 e. The Morgan fingerprint density at radius 2 is 0.986 bits per heavy atom. The quantitative estimate of drug-likeness (QED) is 0.155. The third-order valence-electron chi connectivity index (χ3n) is 14.7. The molecule has 0 amide bonds. The van der Waals surface area contributed by atoms with Gasteiger partial charge in [-0.15, -0.1) is 22.7 Å². The first kappa shape index (κ1) is 40.1. The van der Waals surface area contributed by atoms with Gasteiger partial charge in [0.2, 0.25) is 0 Å². The fourth-order valence-electron chi connectivity index (χ4n) is 11.4. The van der Waals surface area contributed by atoms with E-state index in [9.17, 15) is 0 Å². The standard InChI is InChI=1S/C66H43NS2/c1-4-15-42(16-5-1)50-40-60(43-17-6-2-7-18-43)67-65(41-50)66(51-21-8-3-9-22-51)58-31-27-46(44-19-14-20-45(35-44)48-29-33-63-56(38-48)52-23-10-12-25-61(52)68-63)36-54(58)55-37-47(28-32-59(55)66)49-30-34-64-57(39-49)53-24-11-13-26-62(53)69-64/h1-28,30-41,48H,29H2. The Hall–Kier alpha value is -7.95. The maximum absolute atomic E-state index is 5.77. The number of pyridine rings is 1. The summed E-state index contributed by atoms with van der Waals surface area (Å²) in [6, 6.07) is 85.5. The Morgan fingerprint density at radius 1 is 0.406 bits per heavy atom. The number of hydrogen-bond acceptors (Lipinski definition) is 3. The van der Waals surface area contributed by atoms with Crippen LogP contribution in [-0.4, -0.2) is 4.98 Å². The van der Waals surface area contributed by atoms with Crippen LogP contribution in [0.2, 0.25) is 0 Å². The summed E-state index contributed by atoms with van der Waals surface area (Å²) in [5, 5.41) is 5.36. The molecule has 14 rings (SSSR count). The summed E-state index contributed by atoms with van der Waals surface area (Å²) in [6.07, 6.45) is 5.96. The zero-order chi connectivity index (χ0) is 45.5. The molecular weight excluding hydrogens is 871 g/mol. The van der Waals surface area contributed by atoms with E-state index in [0.717, 1.165) is 34.5 Å². The number of aromatic nitrogens is 1. The minimum absolute atomic E-state index is 0.304. The Kier molecular flexibility index (Phi) is 9.37. The molecule has 0 fully saturated rings. The SMILES string of the molecule is C1=c2sc3ccccc3c2=CC(c2cccc(-c3ccc4c(c3)-c3cc(-c5ccc6sc7ccccc7c6c5)ccc3C4(c3ccccc3)c3cc(-c4ccccc4)cc(-c4ccccc4)n3)c2)C1. The predicted octanol–water partition coefficient (Wildman–Crippen LogP) is 16.4. The molecule has 2 aliphatic carbocycles. The van der Waals surface area contributed by atoms with Crippen LogP contribution in [0, 0.1) is 0 Å². The Balaban J connectivity index is 0.997. The number of benzene rings is 9.